The molecule has 2 aromatic rings. The largest absolute Gasteiger partial charge is 2.00 e. The summed E-state index contributed by atoms with van der Waals surface area (Å²) >= 11 is 0. The van der Waals surface area contributed by atoms with Gasteiger partial charge in [-0.15, -0.1) is 33.9 Å². The summed E-state index contributed by atoms with van der Waals surface area (Å²) < 4.78 is 11.1. The van der Waals surface area contributed by atoms with Gasteiger partial charge in [0.2, 0.25) is 0 Å². The van der Waals surface area contributed by atoms with Crippen LogP contribution in [0.4, 0.5) is 0 Å². The van der Waals surface area contributed by atoms with Crippen LogP contribution in [0.25, 0.3) is 34.9 Å². The fraction of sp³-hybridized carbons (Fsp3) is 0.582. The summed E-state index contributed by atoms with van der Waals surface area (Å²) in [7, 11) is 1.31. The predicted octanol–water partition coefficient (Wildman–Crippen LogP) is 10.6. The number of carbonyl (C=O) groups excluding carboxylic acids is 3. The van der Waals surface area contributed by atoms with Gasteiger partial charge in [0.1, 0.15) is 12.5 Å². The molecule has 0 saturated carbocycles. The molecule has 8 bridgehead atoms. The molecule has 6 rings (SSSR count). The second kappa shape index (κ2) is 23.1. The normalized spacial score (nSPS) is 25.1. The standard InChI is InChI=1S/C55H75N4O5.Mg/c1-13-39-35(8)42-28-44-37(10)41(24-25-48(60)64-27-26-34(7)23-17-22-33(6)21-16-20-32(5)19-15-18-31(3)4)52(58-44)50-51(55(62)63-12)54(61)49-38(11)45(59-53(49)50)30-47-40(14-2)36(9)43(57-47)29-46(39)56-42;/h13,26,28-33,37-38,41,44,51H,1,14-25,27H2,2-12H3,(H-,58,59,61);/q-3;+2/p-1/b34-26+,42-28-,45-30-,46-29-;/t32-,33-,37+,38-,41+,44?,51-;/m1./s1. The minimum Gasteiger partial charge on any atom is -0.681 e. The van der Waals surface area contributed by atoms with Gasteiger partial charge in [0.05, 0.1) is 7.11 Å². The van der Waals surface area contributed by atoms with Gasteiger partial charge in [0, 0.05) is 6.42 Å². The minimum absolute atomic E-state index is 0. The summed E-state index contributed by atoms with van der Waals surface area (Å²) in [4.78, 5) is 51.6. The van der Waals surface area contributed by atoms with E-state index in [0.29, 0.717) is 40.6 Å². The molecular weight excluding hydrogens is 821 g/mol. The smallest absolute Gasteiger partial charge is 0.681 e. The van der Waals surface area contributed by atoms with Gasteiger partial charge >= 0.3 is 35.0 Å². The number of carbonyl (C=O) groups is 3. The zero-order chi connectivity index (χ0) is 46.4. The molecule has 7 atom stereocenters. The third kappa shape index (κ3) is 11.8. The number of hydrogen-bond donors (Lipinski definition) is 0. The van der Waals surface area contributed by atoms with Crippen molar-refractivity contribution in [3.05, 3.63) is 101 Å². The maximum atomic E-state index is 14.4. The third-order valence-electron chi connectivity index (χ3n) is 14.6. The van der Waals surface area contributed by atoms with Crippen LogP contribution in [-0.2, 0) is 30.3 Å². The summed E-state index contributed by atoms with van der Waals surface area (Å²) in [6, 6.07) is -0.351. The van der Waals surface area contributed by atoms with Gasteiger partial charge in [0.25, 0.3) is 0 Å². The van der Waals surface area contributed by atoms with Crippen molar-refractivity contribution >= 4 is 65.1 Å². The molecule has 1 aliphatic carbocycles. The van der Waals surface area contributed by atoms with Crippen LogP contribution in [0, 0.1) is 55.3 Å². The van der Waals surface area contributed by atoms with Crippen molar-refractivity contribution in [3.63, 3.8) is 0 Å². The zero-order valence-electron chi connectivity index (χ0n) is 41.4. The summed E-state index contributed by atoms with van der Waals surface area (Å²) in [5.41, 5.74) is 9.80. The number of ketones is 1. The molecule has 0 spiro atoms. The maximum absolute atomic E-state index is 14.4. The van der Waals surface area contributed by atoms with Crippen molar-refractivity contribution in [2.75, 3.05) is 13.7 Å². The molecule has 1 unspecified atom stereocenters. The SMILES string of the molecule is C=Cc1c(C)/c2[n-]/c1=C\c1[n-]c(c(CC)c1C)/C=C1\[N-]C3=C(C(=O)[C@H](C(=O)OC)/C3=C3/[N-]C(\C=2)[C@@H](C)[C@@H]3CCC(=O)OC/C=C(\C)CCC[C@H](C)CCC[C@H](C)CCCC(C)C)[C@@H]1C.[Mg+2]. The van der Waals surface area contributed by atoms with Gasteiger partial charge in [0.15, 0.2) is 5.78 Å². The number of hydrogen-bond acceptors (Lipinski definition) is 5. The van der Waals surface area contributed by atoms with Gasteiger partial charge < -0.3 is 30.1 Å². The van der Waals surface area contributed by atoms with Gasteiger partial charge in [-0.2, -0.15) is 11.4 Å². The van der Waals surface area contributed by atoms with E-state index >= 15 is 0 Å². The molecule has 1 fully saturated rings. The summed E-state index contributed by atoms with van der Waals surface area (Å²) in [6.07, 6.45) is 22.6. The van der Waals surface area contributed by atoms with Crippen LogP contribution < -0.4 is 20.7 Å². The van der Waals surface area contributed by atoms with Gasteiger partial charge in [-0.1, -0.05) is 152 Å². The van der Waals surface area contributed by atoms with Crippen LogP contribution in [-0.4, -0.2) is 60.5 Å². The van der Waals surface area contributed by atoms with Crippen LogP contribution in [0.5, 0.6) is 0 Å². The molecule has 1 saturated heterocycles. The number of rotatable bonds is 20. The molecule has 0 N–H and O–H groups in total. The molecule has 65 heavy (non-hydrogen) atoms. The first-order valence-electron chi connectivity index (χ1n) is 24.3. The monoisotopic (exact) mass is 895 g/mol. The Balaban J connectivity index is 0.00000793. The van der Waals surface area contributed by atoms with Crippen molar-refractivity contribution in [1.82, 2.24) is 9.97 Å². The van der Waals surface area contributed by atoms with Crippen molar-refractivity contribution in [2.45, 2.75) is 152 Å². The molecule has 348 valence electrons. The number of fused-ring (bicyclic) bond motifs is 7. The maximum Gasteiger partial charge on any atom is 2.00 e. The number of Topliss-reactive ketones (excluding diaryl/α,β-unsaturated/α-hetero) is 1. The second-order valence-corrected chi connectivity index (χ2v) is 19.8. The van der Waals surface area contributed by atoms with Gasteiger partial charge in [-0.3, -0.25) is 14.4 Å². The van der Waals surface area contributed by atoms with E-state index in [0.717, 1.165) is 75.4 Å². The average Bonchev–Trinajstić information content (AvgIpc) is 3.99. The van der Waals surface area contributed by atoms with Crippen LogP contribution in [0.2, 0.25) is 0 Å². The average molecular weight is 896 g/mol. The van der Waals surface area contributed by atoms with E-state index in [1.807, 2.05) is 38.2 Å². The van der Waals surface area contributed by atoms with Gasteiger partial charge in [-0.05, 0) is 99.2 Å². The summed E-state index contributed by atoms with van der Waals surface area (Å²) in [5, 5.41) is 12.0. The molecule has 0 aromatic carbocycles. The van der Waals surface area contributed by atoms with Gasteiger partial charge in [-0.25, -0.2) is 0 Å². The molecule has 4 aliphatic rings. The second-order valence-electron chi connectivity index (χ2n) is 19.8. The Kier molecular flexibility index (Phi) is 18.5. The third-order valence-corrected chi connectivity index (χ3v) is 14.6. The van der Waals surface area contributed by atoms with Crippen LogP contribution >= 0.6 is 0 Å². The number of nitrogens with zero attached hydrogens (tertiary/aromatic N) is 4. The topological polar surface area (TPSA) is 126 Å². The summed E-state index contributed by atoms with van der Waals surface area (Å²) in [6.45, 7) is 26.2. The van der Waals surface area contributed by atoms with E-state index in [1.165, 1.54) is 57.6 Å². The molecule has 9 nitrogen and oxygen atoms in total. The molecule has 0 radical (unpaired) electrons. The van der Waals surface area contributed by atoms with Crippen molar-refractivity contribution in [2.24, 2.45) is 41.4 Å². The van der Waals surface area contributed by atoms with Crippen molar-refractivity contribution in [3.8, 4) is 0 Å². The van der Waals surface area contributed by atoms with Crippen LogP contribution in [0.3, 0.4) is 0 Å². The first kappa shape index (κ1) is 52.0. The van der Waals surface area contributed by atoms with E-state index in [9.17, 15) is 14.4 Å². The first-order valence-corrected chi connectivity index (χ1v) is 24.3. The van der Waals surface area contributed by atoms with E-state index in [4.69, 9.17) is 30.1 Å². The molecule has 0 amide bonds. The molecular formula is C55H74MgN4O5-2. The minimum atomic E-state index is -1.19. The summed E-state index contributed by atoms with van der Waals surface area (Å²) in [5.74, 6) is -0.824. The molecule has 10 heteroatoms. The van der Waals surface area contributed by atoms with Crippen molar-refractivity contribution < 1.29 is 23.9 Å². The fourth-order valence-electron chi connectivity index (χ4n) is 10.4. The van der Waals surface area contributed by atoms with Crippen LogP contribution in [0.1, 0.15) is 160 Å². The number of allylic oxidation sites excluding steroid dienone is 4. The fourth-order valence-corrected chi connectivity index (χ4v) is 10.4. The number of ether oxygens (including phenoxy) is 2. The number of methoxy groups -OCH3 is 1. The number of esters is 2. The van der Waals surface area contributed by atoms with E-state index in [1.54, 1.807) is 0 Å². The van der Waals surface area contributed by atoms with E-state index < -0.39 is 11.9 Å². The molecule has 5 heterocycles. The Morgan fingerprint density at radius 3 is 2.20 bits per heavy atom. The Hall–Kier alpha value is -4.02. The Morgan fingerprint density at radius 1 is 0.877 bits per heavy atom. The molecule has 2 aromatic heterocycles. The number of aromatic nitrogens is 2. The Morgan fingerprint density at radius 2 is 1.55 bits per heavy atom. The quantitative estimate of drug-likeness (QED) is 0.0561. The van der Waals surface area contributed by atoms with E-state index in [2.05, 4.69) is 68.0 Å². The van der Waals surface area contributed by atoms with Crippen LogP contribution in [0.15, 0.2) is 46.5 Å². The Bertz CT molecular complexity index is 2340. The Labute approximate surface area is 405 Å². The zero-order valence-corrected chi connectivity index (χ0v) is 42.9. The first-order chi connectivity index (χ1) is 30.6. The van der Waals surface area contributed by atoms with E-state index in [-0.39, 0.29) is 71.6 Å². The predicted molar refractivity (Wildman–Crippen MR) is 265 cm³/mol. The van der Waals surface area contributed by atoms with Crippen molar-refractivity contribution in [1.29, 1.82) is 0 Å². The molecule has 3 aliphatic heterocycles.